The van der Waals surface area contributed by atoms with Gasteiger partial charge in [0, 0.05) is 23.8 Å². The van der Waals surface area contributed by atoms with E-state index in [2.05, 4.69) is 22.5 Å². The van der Waals surface area contributed by atoms with Crippen LogP contribution in [0.5, 0.6) is 5.75 Å². The Morgan fingerprint density at radius 3 is 2.93 bits per heavy atom. The highest BCUT2D eigenvalue weighted by Crippen LogP contribution is 2.40. The van der Waals surface area contributed by atoms with Gasteiger partial charge in [-0.1, -0.05) is 25.1 Å². The van der Waals surface area contributed by atoms with Crippen LogP contribution in [0.4, 0.5) is 10.7 Å². The molecule has 1 aliphatic rings. The molecule has 0 saturated carbocycles. The van der Waals surface area contributed by atoms with E-state index >= 15 is 0 Å². The van der Waals surface area contributed by atoms with Crippen LogP contribution in [0.2, 0.25) is 0 Å². The molecule has 1 aliphatic carbocycles. The van der Waals surface area contributed by atoms with Crippen LogP contribution in [-0.4, -0.2) is 17.5 Å². The number of nitrogens with zero attached hydrogens (tertiary/aromatic N) is 1. The van der Waals surface area contributed by atoms with E-state index in [1.54, 1.807) is 17.5 Å². The third-order valence-corrected chi connectivity index (χ3v) is 6.56. The van der Waals surface area contributed by atoms with Crippen LogP contribution < -0.4 is 15.4 Å². The summed E-state index contributed by atoms with van der Waals surface area (Å²) in [6.45, 7) is 5.41. The minimum absolute atomic E-state index is 0.0807. The Morgan fingerprint density at radius 2 is 2.13 bits per heavy atom. The van der Waals surface area contributed by atoms with Crippen LogP contribution in [0.1, 0.15) is 46.6 Å². The van der Waals surface area contributed by atoms with Gasteiger partial charge in [0.25, 0.3) is 5.91 Å². The number of hydrogen-bond acceptors (Lipinski definition) is 5. The first-order valence-electron chi connectivity index (χ1n) is 10.5. The second-order valence-corrected chi connectivity index (χ2v) is 8.76. The van der Waals surface area contributed by atoms with E-state index in [-0.39, 0.29) is 5.91 Å². The maximum Gasteiger partial charge on any atom is 0.259 e. The number of thiophene rings is 1. The van der Waals surface area contributed by atoms with Gasteiger partial charge in [-0.05, 0) is 61.4 Å². The van der Waals surface area contributed by atoms with E-state index in [0.717, 1.165) is 35.4 Å². The first-order valence-corrected chi connectivity index (χ1v) is 11.3. The first-order chi connectivity index (χ1) is 14.7. The van der Waals surface area contributed by atoms with Crippen molar-refractivity contribution >= 4 is 27.9 Å². The molecule has 0 spiro atoms. The van der Waals surface area contributed by atoms with Gasteiger partial charge in [0.05, 0.1) is 17.9 Å². The number of ether oxygens (including phenoxy) is 1. The Bertz CT molecular complexity index is 1020. The van der Waals surface area contributed by atoms with Gasteiger partial charge in [0.2, 0.25) is 0 Å². The molecule has 0 radical (unpaired) electrons. The van der Waals surface area contributed by atoms with Gasteiger partial charge in [-0.2, -0.15) is 0 Å². The van der Waals surface area contributed by atoms with E-state index in [0.29, 0.717) is 30.5 Å². The molecule has 156 valence electrons. The van der Waals surface area contributed by atoms with Gasteiger partial charge in [0.1, 0.15) is 10.8 Å². The monoisotopic (exact) mass is 421 g/mol. The number of hydrogen-bond donors (Lipinski definition) is 2. The summed E-state index contributed by atoms with van der Waals surface area (Å²) in [6, 6.07) is 11.5. The lowest BCUT2D eigenvalue weighted by molar-refractivity contribution is 0.102. The van der Waals surface area contributed by atoms with Crippen molar-refractivity contribution in [2.45, 2.75) is 39.7 Å². The van der Waals surface area contributed by atoms with Crippen LogP contribution in [-0.2, 0) is 19.4 Å². The molecule has 1 amide bonds. The highest BCUT2D eigenvalue weighted by molar-refractivity contribution is 7.16. The number of carbonyl (C=O) groups excluding carboxylic acids is 1. The number of aromatic nitrogens is 1. The van der Waals surface area contributed by atoms with Gasteiger partial charge >= 0.3 is 0 Å². The summed E-state index contributed by atoms with van der Waals surface area (Å²) in [6.07, 6.45) is 6.70. The highest BCUT2D eigenvalue weighted by Gasteiger charge is 2.28. The number of carbonyl (C=O) groups is 1. The van der Waals surface area contributed by atoms with Gasteiger partial charge in [-0.15, -0.1) is 11.3 Å². The summed E-state index contributed by atoms with van der Waals surface area (Å²) in [5, 5.41) is 7.52. The number of benzene rings is 1. The molecule has 4 rings (SSSR count). The molecular formula is C24H27N3O2S. The number of amides is 1. The molecule has 6 heteroatoms. The average Bonchev–Trinajstić information content (AvgIpc) is 3.12. The van der Waals surface area contributed by atoms with Gasteiger partial charge in [-0.25, -0.2) is 0 Å². The molecule has 1 atom stereocenters. The quantitative estimate of drug-likeness (QED) is 0.526. The molecule has 0 saturated heterocycles. The molecule has 30 heavy (non-hydrogen) atoms. The number of anilines is 2. The second kappa shape index (κ2) is 9.30. The molecule has 2 aromatic heterocycles. The maximum absolute atomic E-state index is 13.4. The normalized spacial score (nSPS) is 15.3. The molecular weight excluding hydrogens is 394 g/mol. The standard InChI is InChI=1S/C24H27N3O2S/c1-3-29-20-9-5-4-8-19(20)27-23(28)22-18-11-10-16(2)13-21(18)30-24(22)26-15-17-7-6-12-25-14-17/h4-9,12,14,16,26H,3,10-11,13,15H2,1-2H3,(H,27,28)/t16-/m1/s1. The van der Waals surface area contributed by atoms with Crippen molar-refractivity contribution < 1.29 is 9.53 Å². The van der Waals surface area contributed by atoms with E-state index in [4.69, 9.17) is 4.74 Å². The SMILES string of the molecule is CCOc1ccccc1NC(=O)c1c(NCc2cccnc2)sc2c1CC[C@@H](C)C2. The molecule has 3 aromatic rings. The lowest BCUT2D eigenvalue weighted by atomic mass is 9.88. The Morgan fingerprint density at radius 1 is 1.27 bits per heavy atom. The molecule has 0 unspecified atom stereocenters. The van der Waals surface area contributed by atoms with Crippen LogP contribution in [0.25, 0.3) is 0 Å². The second-order valence-electron chi connectivity index (χ2n) is 7.65. The van der Waals surface area contributed by atoms with Crippen molar-refractivity contribution in [3.05, 3.63) is 70.4 Å². The zero-order chi connectivity index (χ0) is 20.9. The number of nitrogens with one attached hydrogen (secondary N) is 2. The summed E-state index contributed by atoms with van der Waals surface area (Å²) < 4.78 is 5.68. The largest absolute Gasteiger partial charge is 0.492 e. The first kappa shape index (κ1) is 20.4. The van der Waals surface area contributed by atoms with Crippen molar-refractivity contribution in [1.82, 2.24) is 4.98 Å². The fourth-order valence-corrected chi connectivity index (χ4v) is 5.24. The summed E-state index contributed by atoms with van der Waals surface area (Å²) in [5.41, 5.74) is 3.76. The van der Waals surface area contributed by atoms with Gasteiger partial charge in [0.15, 0.2) is 0 Å². The average molecular weight is 422 g/mol. The lowest BCUT2D eigenvalue weighted by Gasteiger charge is -2.19. The Labute approximate surface area is 181 Å². The zero-order valence-corrected chi connectivity index (χ0v) is 18.2. The Hall–Kier alpha value is -2.86. The van der Waals surface area contributed by atoms with Crippen LogP contribution >= 0.6 is 11.3 Å². The Balaban J connectivity index is 1.63. The summed E-state index contributed by atoms with van der Waals surface area (Å²) in [4.78, 5) is 18.9. The zero-order valence-electron chi connectivity index (χ0n) is 17.4. The molecule has 2 N–H and O–H groups in total. The van der Waals surface area contributed by atoms with Crippen LogP contribution in [0.15, 0.2) is 48.8 Å². The molecule has 0 aliphatic heterocycles. The predicted molar refractivity (Wildman–Crippen MR) is 123 cm³/mol. The van der Waals surface area contributed by atoms with Crippen LogP contribution in [0.3, 0.4) is 0 Å². The van der Waals surface area contributed by atoms with Crippen LogP contribution in [0, 0.1) is 5.92 Å². The van der Waals surface area contributed by atoms with E-state index < -0.39 is 0 Å². The highest BCUT2D eigenvalue weighted by atomic mass is 32.1. The summed E-state index contributed by atoms with van der Waals surface area (Å²) in [5.74, 6) is 1.26. The molecule has 0 fully saturated rings. The van der Waals surface area contributed by atoms with E-state index in [1.165, 1.54) is 10.4 Å². The fraction of sp³-hybridized carbons (Fsp3) is 0.333. The van der Waals surface area contributed by atoms with Crippen molar-refractivity contribution in [2.75, 3.05) is 17.2 Å². The lowest BCUT2D eigenvalue weighted by Crippen LogP contribution is -2.18. The topological polar surface area (TPSA) is 63.2 Å². The molecule has 2 heterocycles. The summed E-state index contributed by atoms with van der Waals surface area (Å²) >= 11 is 1.71. The smallest absolute Gasteiger partial charge is 0.259 e. The van der Waals surface area contributed by atoms with Crippen molar-refractivity contribution in [3.8, 4) is 5.75 Å². The summed E-state index contributed by atoms with van der Waals surface area (Å²) in [7, 11) is 0. The minimum atomic E-state index is -0.0807. The Kier molecular flexibility index (Phi) is 6.33. The maximum atomic E-state index is 13.4. The molecule has 1 aromatic carbocycles. The van der Waals surface area contributed by atoms with Crippen molar-refractivity contribution in [3.63, 3.8) is 0 Å². The van der Waals surface area contributed by atoms with Crippen molar-refractivity contribution in [2.24, 2.45) is 5.92 Å². The minimum Gasteiger partial charge on any atom is -0.492 e. The van der Waals surface area contributed by atoms with Crippen molar-refractivity contribution in [1.29, 1.82) is 0 Å². The molecule has 0 bridgehead atoms. The fourth-order valence-electron chi connectivity index (χ4n) is 3.84. The number of para-hydroxylation sites is 2. The number of rotatable bonds is 7. The van der Waals surface area contributed by atoms with Gasteiger partial charge in [-0.3, -0.25) is 9.78 Å². The third kappa shape index (κ3) is 4.49. The predicted octanol–water partition coefficient (Wildman–Crippen LogP) is 5.53. The number of pyridine rings is 1. The van der Waals surface area contributed by atoms with E-state index in [1.807, 2.05) is 49.5 Å². The molecule has 5 nitrogen and oxygen atoms in total. The van der Waals surface area contributed by atoms with Gasteiger partial charge < -0.3 is 15.4 Å². The number of fused-ring (bicyclic) bond motifs is 1. The van der Waals surface area contributed by atoms with E-state index in [9.17, 15) is 4.79 Å². The third-order valence-electron chi connectivity index (χ3n) is 5.35.